The number of halogens is 1. The first-order valence-electron chi connectivity index (χ1n) is 8.22. The zero-order chi connectivity index (χ0) is 18.5. The zero-order valence-electron chi connectivity index (χ0n) is 14.6. The summed E-state index contributed by atoms with van der Waals surface area (Å²) in [7, 11) is 1.54. The lowest BCUT2D eigenvalue weighted by molar-refractivity contribution is -0.116. The fourth-order valence-electron chi connectivity index (χ4n) is 2.59. The van der Waals surface area contributed by atoms with E-state index >= 15 is 0 Å². The highest BCUT2D eigenvalue weighted by molar-refractivity contribution is 6.31. The van der Waals surface area contributed by atoms with Crippen LogP contribution in [-0.2, 0) is 11.2 Å². The van der Waals surface area contributed by atoms with Crippen molar-refractivity contribution < 1.29 is 13.9 Å². The van der Waals surface area contributed by atoms with Crippen LogP contribution in [0.25, 0.3) is 11.5 Å². The van der Waals surface area contributed by atoms with Crippen molar-refractivity contribution >= 4 is 23.2 Å². The summed E-state index contributed by atoms with van der Waals surface area (Å²) in [5.41, 5.74) is 2.24. The largest absolute Gasteiger partial charge is 0.495 e. The Labute approximate surface area is 157 Å². The van der Waals surface area contributed by atoms with Crippen LogP contribution in [0, 0.1) is 6.92 Å². The van der Waals surface area contributed by atoms with Crippen molar-refractivity contribution in [1.29, 1.82) is 0 Å². The number of carbonyl (C=O) groups excluding carboxylic acids is 1. The summed E-state index contributed by atoms with van der Waals surface area (Å²) < 4.78 is 11.0. The van der Waals surface area contributed by atoms with Crippen LogP contribution in [0.2, 0.25) is 5.02 Å². The van der Waals surface area contributed by atoms with Gasteiger partial charge in [0, 0.05) is 23.4 Å². The molecule has 0 aliphatic carbocycles. The lowest BCUT2D eigenvalue weighted by Gasteiger charge is -2.10. The maximum absolute atomic E-state index is 12.3. The van der Waals surface area contributed by atoms with E-state index in [-0.39, 0.29) is 12.3 Å². The van der Waals surface area contributed by atoms with Gasteiger partial charge in [-0.05, 0) is 37.3 Å². The topological polar surface area (TPSA) is 64.4 Å². The van der Waals surface area contributed by atoms with Gasteiger partial charge in [-0.15, -0.1) is 0 Å². The van der Waals surface area contributed by atoms with E-state index in [1.54, 1.807) is 25.3 Å². The van der Waals surface area contributed by atoms with Crippen molar-refractivity contribution in [1.82, 2.24) is 4.98 Å². The van der Waals surface area contributed by atoms with Crippen molar-refractivity contribution in [2.75, 3.05) is 12.4 Å². The molecule has 0 spiro atoms. The van der Waals surface area contributed by atoms with Gasteiger partial charge in [0.2, 0.25) is 11.8 Å². The van der Waals surface area contributed by atoms with E-state index < -0.39 is 0 Å². The Bertz CT molecular complexity index is 907. The molecule has 6 heteroatoms. The number of aromatic nitrogens is 1. The van der Waals surface area contributed by atoms with Crippen LogP contribution < -0.4 is 10.1 Å². The average molecular weight is 371 g/mol. The summed E-state index contributed by atoms with van der Waals surface area (Å²) in [5.74, 6) is 1.70. The van der Waals surface area contributed by atoms with Crippen molar-refractivity contribution in [3.8, 4) is 17.2 Å². The van der Waals surface area contributed by atoms with Gasteiger partial charge in [-0.25, -0.2) is 4.98 Å². The molecule has 1 aromatic heterocycles. The molecular formula is C20H19ClN2O3. The number of nitrogens with one attached hydrogen (secondary N) is 1. The van der Waals surface area contributed by atoms with Gasteiger partial charge >= 0.3 is 0 Å². The minimum atomic E-state index is -0.144. The molecule has 3 rings (SSSR count). The highest BCUT2D eigenvalue weighted by atomic mass is 35.5. The van der Waals surface area contributed by atoms with E-state index in [1.165, 1.54) is 0 Å². The van der Waals surface area contributed by atoms with Crippen LogP contribution >= 0.6 is 11.6 Å². The van der Waals surface area contributed by atoms with Gasteiger partial charge in [0.15, 0.2) is 0 Å². The lowest BCUT2D eigenvalue weighted by atomic mass is 10.2. The molecule has 1 N–H and O–H groups in total. The molecule has 0 aliphatic rings. The molecular weight excluding hydrogens is 352 g/mol. The summed E-state index contributed by atoms with van der Waals surface area (Å²) in [6.07, 6.45) is 0.758. The van der Waals surface area contributed by atoms with Gasteiger partial charge in [-0.3, -0.25) is 4.79 Å². The van der Waals surface area contributed by atoms with Crippen molar-refractivity contribution in [2.45, 2.75) is 19.8 Å². The number of methoxy groups -OCH3 is 1. The number of anilines is 1. The van der Waals surface area contributed by atoms with Gasteiger partial charge in [-0.1, -0.05) is 29.8 Å². The van der Waals surface area contributed by atoms with Gasteiger partial charge in [0.05, 0.1) is 18.5 Å². The molecule has 0 bridgehead atoms. The molecule has 0 saturated carbocycles. The van der Waals surface area contributed by atoms with E-state index in [1.807, 2.05) is 37.3 Å². The second kappa shape index (κ2) is 8.06. The second-order valence-electron chi connectivity index (χ2n) is 5.78. The van der Waals surface area contributed by atoms with E-state index in [0.717, 1.165) is 17.0 Å². The molecule has 0 saturated heterocycles. The number of rotatable bonds is 6. The molecule has 0 aliphatic heterocycles. The number of nitrogens with zero attached hydrogens (tertiary/aromatic N) is 1. The highest BCUT2D eigenvalue weighted by Crippen LogP contribution is 2.28. The molecule has 0 radical (unpaired) electrons. The summed E-state index contributed by atoms with van der Waals surface area (Å²) in [6, 6.07) is 14.8. The predicted molar refractivity (Wildman–Crippen MR) is 102 cm³/mol. The van der Waals surface area contributed by atoms with Crippen LogP contribution in [0.15, 0.2) is 52.9 Å². The van der Waals surface area contributed by atoms with Gasteiger partial charge < -0.3 is 14.5 Å². The maximum Gasteiger partial charge on any atom is 0.226 e. The summed E-state index contributed by atoms with van der Waals surface area (Å²) >= 11 is 5.98. The van der Waals surface area contributed by atoms with Crippen LogP contribution in [0.1, 0.15) is 17.9 Å². The molecule has 26 heavy (non-hydrogen) atoms. The first kappa shape index (κ1) is 18.0. The highest BCUT2D eigenvalue weighted by Gasteiger charge is 2.14. The third-order valence-corrected chi connectivity index (χ3v) is 4.17. The number of aryl methyl sites for hydroxylation is 2. The van der Waals surface area contributed by atoms with Gasteiger partial charge in [0.1, 0.15) is 11.5 Å². The molecule has 134 valence electrons. The second-order valence-corrected chi connectivity index (χ2v) is 6.22. The predicted octanol–water partition coefficient (Wildman–Crippen LogP) is 4.88. The molecule has 2 aromatic carbocycles. The summed E-state index contributed by atoms with van der Waals surface area (Å²) in [6.45, 7) is 1.85. The van der Waals surface area contributed by atoms with Crippen LogP contribution in [0.5, 0.6) is 5.75 Å². The van der Waals surface area contributed by atoms with E-state index in [2.05, 4.69) is 10.3 Å². The monoisotopic (exact) mass is 370 g/mol. The molecule has 3 aromatic rings. The van der Waals surface area contributed by atoms with Crippen LogP contribution in [0.4, 0.5) is 5.69 Å². The van der Waals surface area contributed by atoms with E-state index in [9.17, 15) is 4.79 Å². The van der Waals surface area contributed by atoms with Crippen molar-refractivity contribution in [3.63, 3.8) is 0 Å². The van der Waals surface area contributed by atoms with E-state index in [0.29, 0.717) is 28.8 Å². The number of amides is 1. The molecule has 0 fully saturated rings. The Morgan fingerprint density at radius 2 is 2.00 bits per heavy atom. The zero-order valence-corrected chi connectivity index (χ0v) is 15.3. The number of hydrogen-bond acceptors (Lipinski definition) is 4. The fourth-order valence-corrected chi connectivity index (χ4v) is 2.76. The smallest absolute Gasteiger partial charge is 0.226 e. The van der Waals surface area contributed by atoms with Crippen LogP contribution in [0.3, 0.4) is 0 Å². The first-order valence-corrected chi connectivity index (χ1v) is 8.59. The average Bonchev–Trinajstić information content (AvgIpc) is 3.02. The Morgan fingerprint density at radius 1 is 1.23 bits per heavy atom. The third-order valence-electron chi connectivity index (χ3n) is 3.94. The normalized spacial score (nSPS) is 10.6. The molecule has 0 atom stereocenters. The maximum atomic E-state index is 12.3. The Balaban J connectivity index is 1.65. The summed E-state index contributed by atoms with van der Waals surface area (Å²) in [5, 5.41) is 3.35. The van der Waals surface area contributed by atoms with Gasteiger partial charge in [-0.2, -0.15) is 0 Å². The first-order chi connectivity index (χ1) is 12.6. The Morgan fingerprint density at radius 3 is 2.73 bits per heavy atom. The Hall–Kier alpha value is -2.79. The fraction of sp³-hybridized carbons (Fsp3) is 0.200. The van der Waals surface area contributed by atoms with Crippen LogP contribution in [-0.4, -0.2) is 18.0 Å². The number of benzene rings is 2. The SMILES string of the molecule is COc1ccc(Cl)cc1NC(=O)CCc1nc(-c2ccccc2)oc1C. The molecule has 0 unspecified atom stereocenters. The van der Waals surface area contributed by atoms with E-state index in [4.69, 9.17) is 20.8 Å². The molecule has 5 nitrogen and oxygen atoms in total. The van der Waals surface area contributed by atoms with Crippen molar-refractivity contribution in [2.24, 2.45) is 0 Å². The standard InChI is InChI=1S/C20H19ClN2O3/c1-13-16(23-20(26-13)14-6-4-3-5-7-14)9-11-19(24)22-17-12-15(21)8-10-18(17)25-2/h3-8,10,12H,9,11H2,1-2H3,(H,22,24). The number of oxazole rings is 1. The van der Waals surface area contributed by atoms with Gasteiger partial charge in [0.25, 0.3) is 0 Å². The third kappa shape index (κ3) is 4.24. The number of ether oxygens (including phenoxy) is 1. The number of hydrogen-bond donors (Lipinski definition) is 1. The van der Waals surface area contributed by atoms with Crippen molar-refractivity contribution in [3.05, 3.63) is 65.0 Å². The summed E-state index contributed by atoms with van der Waals surface area (Å²) in [4.78, 5) is 16.8. The Kier molecular flexibility index (Phi) is 5.58. The molecule has 1 heterocycles. The minimum absolute atomic E-state index is 0.144. The lowest BCUT2D eigenvalue weighted by Crippen LogP contribution is -2.13. The quantitative estimate of drug-likeness (QED) is 0.671. The number of carbonyl (C=O) groups is 1. The molecule has 1 amide bonds. The minimum Gasteiger partial charge on any atom is -0.495 e.